The van der Waals surface area contributed by atoms with Gasteiger partial charge in [0.25, 0.3) is 11.8 Å². The third-order valence-corrected chi connectivity index (χ3v) is 4.76. The van der Waals surface area contributed by atoms with Crippen molar-refractivity contribution in [1.82, 2.24) is 9.80 Å². The lowest BCUT2D eigenvalue weighted by molar-refractivity contribution is -0.133. The summed E-state index contributed by atoms with van der Waals surface area (Å²) >= 11 is 0. The number of ether oxygens (including phenoxy) is 1. The van der Waals surface area contributed by atoms with Crippen LogP contribution >= 0.6 is 0 Å². The number of fused-ring (bicyclic) bond motifs is 1. The minimum absolute atomic E-state index is 0.260. The zero-order valence-corrected chi connectivity index (χ0v) is 14.6. The second-order valence-electron chi connectivity index (χ2n) is 6.42. The summed E-state index contributed by atoms with van der Waals surface area (Å²) in [6.45, 7) is 0.756. The average Bonchev–Trinajstić information content (AvgIpc) is 2.98. The number of hydrogen-bond donors (Lipinski definition) is 0. The van der Waals surface area contributed by atoms with Crippen molar-refractivity contribution in [3.05, 3.63) is 83.7 Å². The maximum Gasteiger partial charge on any atom is 0.262 e. The monoisotopic (exact) mass is 362 g/mol. The Kier molecular flexibility index (Phi) is 4.46. The molecule has 1 unspecified atom stereocenters. The van der Waals surface area contributed by atoms with Crippen LogP contribution in [-0.2, 0) is 16.0 Å². The van der Waals surface area contributed by atoms with E-state index in [1.54, 1.807) is 30.5 Å². The van der Waals surface area contributed by atoms with Gasteiger partial charge in [0.15, 0.2) is 0 Å². The highest BCUT2D eigenvalue weighted by Gasteiger charge is 2.43. The summed E-state index contributed by atoms with van der Waals surface area (Å²) in [6, 6.07) is 15.1. The second-order valence-corrected chi connectivity index (χ2v) is 6.42. The van der Waals surface area contributed by atoms with Crippen molar-refractivity contribution in [2.45, 2.75) is 12.5 Å². The van der Waals surface area contributed by atoms with Crippen molar-refractivity contribution in [3.8, 4) is 0 Å². The van der Waals surface area contributed by atoms with Gasteiger partial charge < -0.3 is 9.64 Å². The quantitative estimate of drug-likeness (QED) is 0.783. The van der Waals surface area contributed by atoms with Crippen LogP contribution < -0.4 is 0 Å². The Labute approximate surface area is 156 Å². The largest absolute Gasteiger partial charge is 0.498 e. The molecule has 2 aromatic rings. The molecule has 3 amide bonds. The molecular formula is C21H18N2O4. The predicted molar refractivity (Wildman–Crippen MR) is 97.7 cm³/mol. The maximum absolute atomic E-state index is 13.2. The molecule has 0 bridgehead atoms. The number of carbonyl (C=O) groups excluding carboxylic acids is 3. The molecule has 0 radical (unpaired) electrons. The third kappa shape index (κ3) is 3.10. The lowest BCUT2D eigenvalue weighted by Gasteiger charge is -2.31. The van der Waals surface area contributed by atoms with Crippen molar-refractivity contribution in [2.75, 3.05) is 13.2 Å². The van der Waals surface area contributed by atoms with Crippen LogP contribution in [0.1, 0.15) is 26.3 Å². The number of carbonyl (C=O) groups is 3. The number of rotatable bonds is 4. The van der Waals surface area contributed by atoms with Gasteiger partial charge in [-0.25, -0.2) is 0 Å². The average molecular weight is 362 g/mol. The van der Waals surface area contributed by atoms with Gasteiger partial charge in [-0.15, -0.1) is 0 Å². The molecule has 4 rings (SSSR count). The summed E-state index contributed by atoms with van der Waals surface area (Å²) in [4.78, 5) is 41.6. The predicted octanol–water partition coefficient (Wildman–Crippen LogP) is 2.22. The SMILES string of the molecule is O=C(C(Cc1ccccc1)N1C(=O)c2ccccc2C1=O)N1C=COCC1. The molecule has 0 spiro atoms. The molecule has 0 fully saturated rings. The van der Waals surface area contributed by atoms with Gasteiger partial charge in [-0.05, 0) is 17.7 Å². The van der Waals surface area contributed by atoms with E-state index < -0.39 is 17.9 Å². The fraction of sp³-hybridized carbons (Fsp3) is 0.190. The third-order valence-electron chi connectivity index (χ3n) is 4.76. The van der Waals surface area contributed by atoms with E-state index in [0.717, 1.165) is 10.5 Å². The van der Waals surface area contributed by atoms with Crippen molar-refractivity contribution in [3.63, 3.8) is 0 Å². The van der Waals surface area contributed by atoms with E-state index in [9.17, 15) is 14.4 Å². The van der Waals surface area contributed by atoms with Crippen LogP contribution in [0.2, 0.25) is 0 Å². The number of benzene rings is 2. The van der Waals surface area contributed by atoms with Crippen molar-refractivity contribution >= 4 is 17.7 Å². The highest BCUT2D eigenvalue weighted by Crippen LogP contribution is 2.27. The van der Waals surface area contributed by atoms with Crippen LogP contribution in [0.4, 0.5) is 0 Å². The van der Waals surface area contributed by atoms with Crippen LogP contribution in [0.5, 0.6) is 0 Å². The van der Waals surface area contributed by atoms with E-state index in [2.05, 4.69) is 0 Å². The topological polar surface area (TPSA) is 66.9 Å². The smallest absolute Gasteiger partial charge is 0.262 e. The summed E-state index contributed by atoms with van der Waals surface area (Å²) < 4.78 is 5.14. The molecule has 6 nitrogen and oxygen atoms in total. The lowest BCUT2D eigenvalue weighted by atomic mass is 10.0. The molecule has 0 saturated heterocycles. The van der Waals surface area contributed by atoms with Crippen molar-refractivity contribution in [2.24, 2.45) is 0 Å². The van der Waals surface area contributed by atoms with Gasteiger partial charge in [0.1, 0.15) is 12.6 Å². The van der Waals surface area contributed by atoms with Gasteiger partial charge in [0.2, 0.25) is 5.91 Å². The van der Waals surface area contributed by atoms with Gasteiger partial charge in [0, 0.05) is 12.6 Å². The Morgan fingerprint density at radius 1 is 0.963 bits per heavy atom. The summed E-state index contributed by atoms with van der Waals surface area (Å²) in [7, 11) is 0. The van der Waals surface area contributed by atoms with Crippen LogP contribution in [0, 0.1) is 0 Å². The summed E-state index contributed by atoms with van der Waals surface area (Å²) in [6.07, 6.45) is 3.25. The number of imide groups is 1. The highest BCUT2D eigenvalue weighted by atomic mass is 16.5. The molecule has 2 aromatic carbocycles. The second kappa shape index (κ2) is 7.07. The molecule has 136 valence electrons. The Balaban J connectivity index is 1.71. The van der Waals surface area contributed by atoms with Crippen LogP contribution in [-0.4, -0.2) is 46.7 Å². The van der Waals surface area contributed by atoms with Gasteiger partial charge >= 0.3 is 0 Å². The standard InChI is InChI=1S/C21H18N2O4/c24-19-16-8-4-5-9-17(16)20(25)23(19)18(14-15-6-2-1-3-7-15)21(26)22-10-12-27-13-11-22/h1-10,12,18H,11,13-14H2. The highest BCUT2D eigenvalue weighted by molar-refractivity contribution is 6.22. The first-order valence-electron chi connectivity index (χ1n) is 8.76. The fourth-order valence-electron chi connectivity index (χ4n) is 3.40. The zero-order chi connectivity index (χ0) is 18.8. The first-order chi connectivity index (χ1) is 13.2. The Morgan fingerprint density at radius 2 is 1.59 bits per heavy atom. The molecule has 2 heterocycles. The summed E-state index contributed by atoms with van der Waals surface area (Å²) in [5.74, 6) is -1.16. The Morgan fingerprint density at radius 3 is 2.19 bits per heavy atom. The number of amides is 3. The molecule has 0 saturated carbocycles. The molecule has 1 atom stereocenters. The van der Waals surface area contributed by atoms with E-state index in [1.165, 1.54) is 11.2 Å². The zero-order valence-electron chi connectivity index (χ0n) is 14.6. The first-order valence-corrected chi connectivity index (χ1v) is 8.76. The van der Waals surface area contributed by atoms with Gasteiger partial charge in [-0.1, -0.05) is 42.5 Å². The number of hydrogen-bond acceptors (Lipinski definition) is 4. The van der Waals surface area contributed by atoms with E-state index in [4.69, 9.17) is 4.74 Å². The molecule has 6 heteroatoms. The van der Waals surface area contributed by atoms with Gasteiger partial charge in [-0.3, -0.25) is 19.3 Å². The van der Waals surface area contributed by atoms with E-state index in [-0.39, 0.29) is 12.3 Å². The van der Waals surface area contributed by atoms with Gasteiger partial charge in [-0.2, -0.15) is 0 Å². The van der Waals surface area contributed by atoms with Crippen molar-refractivity contribution < 1.29 is 19.1 Å². The van der Waals surface area contributed by atoms with Gasteiger partial charge in [0.05, 0.1) is 23.9 Å². The van der Waals surface area contributed by atoms with Crippen LogP contribution in [0.3, 0.4) is 0 Å². The molecule has 27 heavy (non-hydrogen) atoms. The molecular weight excluding hydrogens is 344 g/mol. The lowest BCUT2D eigenvalue weighted by Crippen LogP contribution is -2.51. The molecule has 2 aliphatic rings. The molecule has 0 aromatic heterocycles. The molecule has 2 aliphatic heterocycles. The maximum atomic E-state index is 13.2. The fourth-order valence-corrected chi connectivity index (χ4v) is 3.40. The summed E-state index contributed by atoms with van der Waals surface area (Å²) in [5, 5.41) is 0. The minimum Gasteiger partial charge on any atom is -0.498 e. The first kappa shape index (κ1) is 17.0. The summed E-state index contributed by atoms with van der Waals surface area (Å²) in [5.41, 5.74) is 1.56. The Hall–Kier alpha value is -3.41. The normalized spacial score (nSPS) is 16.9. The number of nitrogens with zero attached hydrogens (tertiary/aromatic N) is 2. The van der Waals surface area contributed by atoms with E-state index >= 15 is 0 Å². The molecule has 0 aliphatic carbocycles. The van der Waals surface area contributed by atoms with Crippen molar-refractivity contribution in [1.29, 1.82) is 0 Å². The molecule has 0 N–H and O–H groups in total. The van der Waals surface area contributed by atoms with Crippen LogP contribution in [0.25, 0.3) is 0 Å². The van der Waals surface area contributed by atoms with Crippen LogP contribution in [0.15, 0.2) is 67.1 Å². The van der Waals surface area contributed by atoms with E-state index in [0.29, 0.717) is 24.3 Å². The Bertz CT molecular complexity index is 888. The minimum atomic E-state index is -0.914. The van der Waals surface area contributed by atoms with E-state index in [1.807, 2.05) is 30.3 Å².